The second-order valence-electron chi connectivity index (χ2n) is 3.97. The van der Waals surface area contributed by atoms with E-state index in [0.29, 0.717) is 23.8 Å². The second kappa shape index (κ2) is 5.75. The van der Waals surface area contributed by atoms with Gasteiger partial charge in [-0.15, -0.1) is 0 Å². The van der Waals surface area contributed by atoms with Crippen molar-refractivity contribution in [2.75, 3.05) is 25.6 Å². The zero-order valence-electron chi connectivity index (χ0n) is 10.3. The molecule has 0 amide bonds. The summed E-state index contributed by atoms with van der Waals surface area (Å²) in [6.07, 6.45) is -3.51. The Balaban J connectivity index is 2.12. The molecule has 0 aliphatic rings. The Morgan fingerprint density at radius 3 is 2.84 bits per heavy atom. The third-order valence-electron chi connectivity index (χ3n) is 2.52. The van der Waals surface area contributed by atoms with Crippen LogP contribution in [0.5, 0.6) is 0 Å². The van der Waals surface area contributed by atoms with E-state index in [1.807, 2.05) is 0 Å². The standard InChI is InChI=1S/C12H13F3N2OS/c1-18-6-2-5-16-11-17-9-7-8(12(13,14)15)3-4-10(9)19-11/h3-4,7H,2,5-6H2,1H3,(H,16,17). The first-order valence-electron chi connectivity index (χ1n) is 5.71. The molecule has 19 heavy (non-hydrogen) atoms. The molecule has 1 heterocycles. The Morgan fingerprint density at radius 1 is 1.37 bits per heavy atom. The highest BCUT2D eigenvalue weighted by atomic mass is 32.1. The summed E-state index contributed by atoms with van der Waals surface area (Å²) in [5.41, 5.74) is -0.301. The van der Waals surface area contributed by atoms with Gasteiger partial charge in [0.05, 0.1) is 15.8 Å². The van der Waals surface area contributed by atoms with Gasteiger partial charge in [0.1, 0.15) is 0 Å². The average molecular weight is 290 g/mol. The van der Waals surface area contributed by atoms with Gasteiger partial charge in [0.15, 0.2) is 5.13 Å². The predicted octanol–water partition coefficient (Wildman–Crippen LogP) is 3.76. The van der Waals surface area contributed by atoms with Crippen molar-refractivity contribution in [3.63, 3.8) is 0 Å². The number of fused-ring (bicyclic) bond motifs is 1. The van der Waals surface area contributed by atoms with Crippen molar-refractivity contribution in [1.29, 1.82) is 0 Å². The third-order valence-corrected chi connectivity index (χ3v) is 3.51. The smallest absolute Gasteiger partial charge is 0.385 e. The van der Waals surface area contributed by atoms with Gasteiger partial charge in [0.2, 0.25) is 0 Å². The van der Waals surface area contributed by atoms with Crippen LogP contribution in [0.2, 0.25) is 0 Å². The molecule has 1 aromatic carbocycles. The van der Waals surface area contributed by atoms with Crippen LogP contribution in [0.15, 0.2) is 18.2 Å². The minimum absolute atomic E-state index is 0.370. The van der Waals surface area contributed by atoms with Crippen molar-refractivity contribution >= 4 is 26.7 Å². The Morgan fingerprint density at radius 2 is 2.16 bits per heavy atom. The molecule has 1 N–H and O–H groups in total. The number of thiazole rings is 1. The first-order valence-corrected chi connectivity index (χ1v) is 6.53. The van der Waals surface area contributed by atoms with Gasteiger partial charge in [-0.3, -0.25) is 0 Å². The van der Waals surface area contributed by atoms with E-state index in [2.05, 4.69) is 10.3 Å². The molecule has 0 unspecified atom stereocenters. The molecular weight excluding hydrogens is 277 g/mol. The molecule has 0 bridgehead atoms. The number of benzene rings is 1. The molecule has 0 radical (unpaired) electrons. The summed E-state index contributed by atoms with van der Waals surface area (Å²) in [5.74, 6) is 0. The van der Waals surface area contributed by atoms with E-state index in [-0.39, 0.29) is 0 Å². The number of rotatable bonds is 5. The number of nitrogens with zero attached hydrogens (tertiary/aromatic N) is 1. The molecular formula is C12H13F3N2OS. The van der Waals surface area contributed by atoms with Crippen molar-refractivity contribution in [1.82, 2.24) is 4.98 Å². The SMILES string of the molecule is COCCCNc1nc2cc(C(F)(F)F)ccc2s1. The summed E-state index contributed by atoms with van der Waals surface area (Å²) in [7, 11) is 1.62. The molecule has 0 fully saturated rings. The van der Waals surface area contributed by atoms with E-state index in [9.17, 15) is 13.2 Å². The number of anilines is 1. The molecule has 0 aliphatic heterocycles. The van der Waals surface area contributed by atoms with Gasteiger partial charge in [0.25, 0.3) is 0 Å². The molecule has 1 aromatic heterocycles. The topological polar surface area (TPSA) is 34.1 Å². The van der Waals surface area contributed by atoms with Crippen molar-refractivity contribution in [3.8, 4) is 0 Å². The monoisotopic (exact) mass is 290 g/mol. The summed E-state index contributed by atoms with van der Waals surface area (Å²) in [6, 6.07) is 3.61. The molecule has 3 nitrogen and oxygen atoms in total. The highest BCUT2D eigenvalue weighted by molar-refractivity contribution is 7.22. The summed E-state index contributed by atoms with van der Waals surface area (Å²) in [4.78, 5) is 4.15. The minimum Gasteiger partial charge on any atom is -0.385 e. The molecule has 2 aromatic rings. The number of ether oxygens (including phenoxy) is 1. The number of methoxy groups -OCH3 is 1. The molecule has 0 aliphatic carbocycles. The fourth-order valence-electron chi connectivity index (χ4n) is 1.59. The van der Waals surface area contributed by atoms with Crippen molar-refractivity contribution in [2.45, 2.75) is 12.6 Å². The maximum Gasteiger partial charge on any atom is 0.416 e. The van der Waals surface area contributed by atoms with E-state index in [1.54, 1.807) is 7.11 Å². The fourth-order valence-corrected chi connectivity index (χ4v) is 2.46. The normalized spacial score (nSPS) is 12.0. The Bertz CT molecular complexity index is 553. The van der Waals surface area contributed by atoms with Gasteiger partial charge in [-0.2, -0.15) is 13.2 Å². The molecule has 2 rings (SSSR count). The van der Waals surface area contributed by atoms with Gasteiger partial charge >= 0.3 is 6.18 Å². The number of halogens is 3. The number of hydrogen-bond donors (Lipinski definition) is 1. The molecule has 0 atom stereocenters. The van der Waals surface area contributed by atoms with Crippen LogP contribution in [-0.2, 0) is 10.9 Å². The first-order chi connectivity index (χ1) is 9.00. The zero-order valence-corrected chi connectivity index (χ0v) is 11.1. The second-order valence-corrected chi connectivity index (χ2v) is 5.00. The number of alkyl halides is 3. The summed E-state index contributed by atoms with van der Waals surface area (Å²) in [5, 5.41) is 3.70. The van der Waals surface area contributed by atoms with Crippen LogP contribution in [0.4, 0.5) is 18.3 Å². The van der Waals surface area contributed by atoms with E-state index in [1.165, 1.54) is 17.4 Å². The lowest BCUT2D eigenvalue weighted by Gasteiger charge is -2.04. The quantitative estimate of drug-likeness (QED) is 0.851. The van der Waals surface area contributed by atoms with Crippen molar-refractivity contribution < 1.29 is 17.9 Å². The maximum absolute atomic E-state index is 12.6. The van der Waals surface area contributed by atoms with Gasteiger partial charge in [0, 0.05) is 20.3 Å². The van der Waals surface area contributed by atoms with Crippen LogP contribution < -0.4 is 5.32 Å². The van der Waals surface area contributed by atoms with Gasteiger partial charge in [-0.05, 0) is 24.6 Å². The van der Waals surface area contributed by atoms with Crippen LogP contribution in [0, 0.1) is 0 Å². The zero-order chi connectivity index (χ0) is 13.9. The highest BCUT2D eigenvalue weighted by Gasteiger charge is 2.30. The molecule has 104 valence electrons. The van der Waals surface area contributed by atoms with E-state index >= 15 is 0 Å². The largest absolute Gasteiger partial charge is 0.416 e. The minimum atomic E-state index is -4.33. The molecule has 0 saturated heterocycles. The number of hydrogen-bond acceptors (Lipinski definition) is 4. The van der Waals surface area contributed by atoms with E-state index in [0.717, 1.165) is 23.3 Å². The number of aromatic nitrogens is 1. The van der Waals surface area contributed by atoms with Gasteiger partial charge < -0.3 is 10.1 Å². The van der Waals surface area contributed by atoms with Crippen LogP contribution in [-0.4, -0.2) is 25.2 Å². The van der Waals surface area contributed by atoms with E-state index in [4.69, 9.17) is 4.74 Å². The third kappa shape index (κ3) is 3.57. The average Bonchev–Trinajstić information content (AvgIpc) is 2.75. The maximum atomic E-state index is 12.6. The molecule has 0 spiro atoms. The van der Waals surface area contributed by atoms with Gasteiger partial charge in [-0.25, -0.2) is 4.98 Å². The van der Waals surface area contributed by atoms with Gasteiger partial charge in [-0.1, -0.05) is 11.3 Å². The lowest BCUT2D eigenvalue weighted by molar-refractivity contribution is -0.137. The van der Waals surface area contributed by atoms with Crippen LogP contribution >= 0.6 is 11.3 Å². The Kier molecular flexibility index (Phi) is 4.26. The van der Waals surface area contributed by atoms with Crippen molar-refractivity contribution in [3.05, 3.63) is 23.8 Å². The Labute approximate surface area is 112 Å². The van der Waals surface area contributed by atoms with Crippen LogP contribution in [0.1, 0.15) is 12.0 Å². The predicted molar refractivity (Wildman–Crippen MR) is 69.6 cm³/mol. The summed E-state index contributed by atoms with van der Waals surface area (Å²) < 4.78 is 43.3. The lowest BCUT2D eigenvalue weighted by Crippen LogP contribution is -2.04. The first kappa shape index (κ1) is 14.1. The Hall–Kier alpha value is -1.34. The van der Waals surface area contributed by atoms with E-state index < -0.39 is 11.7 Å². The fraction of sp³-hybridized carbons (Fsp3) is 0.417. The molecule has 7 heteroatoms. The lowest BCUT2D eigenvalue weighted by atomic mass is 10.2. The van der Waals surface area contributed by atoms with Crippen LogP contribution in [0.3, 0.4) is 0 Å². The summed E-state index contributed by atoms with van der Waals surface area (Å²) in [6.45, 7) is 1.32. The summed E-state index contributed by atoms with van der Waals surface area (Å²) >= 11 is 1.34. The molecule has 0 saturated carbocycles. The highest BCUT2D eigenvalue weighted by Crippen LogP contribution is 2.33. The number of nitrogens with one attached hydrogen (secondary N) is 1. The van der Waals surface area contributed by atoms with Crippen LogP contribution in [0.25, 0.3) is 10.2 Å². The van der Waals surface area contributed by atoms with Crippen molar-refractivity contribution in [2.24, 2.45) is 0 Å².